The molecule has 16 heavy (non-hydrogen) atoms. The topological polar surface area (TPSA) is 40.5 Å². The van der Waals surface area contributed by atoms with Gasteiger partial charge in [0.2, 0.25) is 0 Å². The highest BCUT2D eigenvalue weighted by Gasteiger charge is 2.09. The van der Waals surface area contributed by atoms with Crippen molar-refractivity contribution in [2.45, 2.75) is 38.4 Å². The smallest absolute Gasteiger partial charge is 0.0720 e. The Hall–Kier alpha value is -1.12. The van der Waals surface area contributed by atoms with E-state index in [1.807, 2.05) is 18.2 Å². The van der Waals surface area contributed by atoms with E-state index in [0.717, 1.165) is 6.42 Å². The summed E-state index contributed by atoms with van der Waals surface area (Å²) in [5.74, 6) is 0. The highest BCUT2D eigenvalue weighted by Crippen LogP contribution is 2.13. The van der Waals surface area contributed by atoms with E-state index in [2.05, 4.69) is 18.7 Å². The normalized spacial score (nSPS) is 14.4. The van der Waals surface area contributed by atoms with E-state index in [4.69, 9.17) is 0 Å². The second-order valence-corrected chi connectivity index (χ2v) is 4.22. The zero-order valence-corrected chi connectivity index (χ0v) is 9.76. The lowest BCUT2D eigenvalue weighted by molar-refractivity contribution is 0.149. The molecule has 0 spiro atoms. The third-order valence-corrected chi connectivity index (χ3v) is 2.70. The molecule has 1 rings (SSSR count). The van der Waals surface area contributed by atoms with Crippen molar-refractivity contribution in [3.63, 3.8) is 0 Å². The highest BCUT2D eigenvalue weighted by molar-refractivity contribution is 5.14. The predicted octanol–water partition coefficient (Wildman–Crippen LogP) is 2.31. The van der Waals surface area contributed by atoms with E-state index < -0.39 is 12.2 Å². The molecule has 2 nitrogen and oxygen atoms in total. The number of benzene rings is 1. The average molecular weight is 220 g/mol. The molecule has 0 bridgehead atoms. The van der Waals surface area contributed by atoms with Crippen molar-refractivity contribution in [2.75, 3.05) is 0 Å². The highest BCUT2D eigenvalue weighted by atomic mass is 16.3. The number of aryl methyl sites for hydroxylation is 1. The number of hydrogen-bond donors (Lipinski definition) is 2. The second kappa shape index (κ2) is 6.46. The Labute approximate surface area is 97.2 Å². The number of aliphatic hydroxyl groups excluding tert-OH is 2. The van der Waals surface area contributed by atoms with Gasteiger partial charge in [-0.3, -0.25) is 0 Å². The summed E-state index contributed by atoms with van der Waals surface area (Å²) >= 11 is 0. The Morgan fingerprint density at radius 1 is 1.25 bits per heavy atom. The summed E-state index contributed by atoms with van der Waals surface area (Å²) in [6.07, 6.45) is 1.09. The summed E-state index contributed by atoms with van der Waals surface area (Å²) in [5, 5.41) is 19.0. The Morgan fingerprint density at radius 3 is 2.44 bits per heavy atom. The fourth-order valence-corrected chi connectivity index (χ4v) is 1.55. The van der Waals surface area contributed by atoms with E-state index >= 15 is 0 Å². The molecule has 0 saturated heterocycles. The van der Waals surface area contributed by atoms with E-state index in [1.165, 1.54) is 5.56 Å². The van der Waals surface area contributed by atoms with E-state index in [0.29, 0.717) is 18.4 Å². The molecule has 0 aliphatic rings. The Morgan fingerprint density at radius 2 is 1.88 bits per heavy atom. The van der Waals surface area contributed by atoms with Crippen LogP contribution in [0.25, 0.3) is 0 Å². The van der Waals surface area contributed by atoms with Crippen LogP contribution in [0.15, 0.2) is 42.5 Å². The summed E-state index contributed by atoms with van der Waals surface area (Å²) in [6.45, 7) is 5.41. The van der Waals surface area contributed by atoms with E-state index in [9.17, 15) is 10.2 Å². The van der Waals surface area contributed by atoms with Crippen LogP contribution >= 0.6 is 0 Å². The Balaban J connectivity index is 2.30. The molecule has 88 valence electrons. The standard InChI is InChI=1S/C14H20O2/c1-11(12(2)15)10-14(16)9-8-13-6-4-3-5-7-13/h3-7,12,14-16H,1,8-10H2,2H3/t12-,14+/m0/s1. The van der Waals surface area contributed by atoms with Crippen LogP contribution in [0.3, 0.4) is 0 Å². The van der Waals surface area contributed by atoms with Gasteiger partial charge in [0, 0.05) is 0 Å². The number of hydrogen-bond acceptors (Lipinski definition) is 2. The van der Waals surface area contributed by atoms with Crippen LogP contribution in [-0.2, 0) is 6.42 Å². The molecule has 1 aromatic rings. The fraction of sp³-hybridized carbons (Fsp3) is 0.429. The first-order valence-electron chi connectivity index (χ1n) is 5.67. The third kappa shape index (κ3) is 4.60. The molecular formula is C14H20O2. The molecule has 0 heterocycles. The molecular weight excluding hydrogens is 200 g/mol. The first kappa shape index (κ1) is 12.9. The van der Waals surface area contributed by atoms with E-state index in [-0.39, 0.29) is 0 Å². The lowest BCUT2D eigenvalue weighted by Gasteiger charge is -2.14. The van der Waals surface area contributed by atoms with E-state index in [1.54, 1.807) is 6.92 Å². The monoisotopic (exact) mass is 220 g/mol. The van der Waals surface area contributed by atoms with Crippen molar-refractivity contribution in [2.24, 2.45) is 0 Å². The molecule has 0 radical (unpaired) electrons. The van der Waals surface area contributed by atoms with Crippen LogP contribution in [0, 0.1) is 0 Å². The van der Waals surface area contributed by atoms with Gasteiger partial charge in [-0.25, -0.2) is 0 Å². The number of rotatable bonds is 6. The third-order valence-electron chi connectivity index (χ3n) is 2.70. The van der Waals surface area contributed by atoms with Crippen molar-refractivity contribution < 1.29 is 10.2 Å². The van der Waals surface area contributed by atoms with Crippen molar-refractivity contribution in [3.05, 3.63) is 48.0 Å². The van der Waals surface area contributed by atoms with Gasteiger partial charge >= 0.3 is 0 Å². The molecule has 0 aliphatic heterocycles. The SMILES string of the molecule is C=C(C[C@H](O)CCc1ccccc1)[C@H](C)O. The summed E-state index contributed by atoms with van der Waals surface area (Å²) < 4.78 is 0. The maximum absolute atomic E-state index is 9.76. The lowest BCUT2D eigenvalue weighted by atomic mass is 10.00. The molecule has 0 saturated carbocycles. The predicted molar refractivity (Wildman–Crippen MR) is 66.2 cm³/mol. The van der Waals surface area contributed by atoms with Gasteiger partial charge in [0.1, 0.15) is 0 Å². The van der Waals surface area contributed by atoms with Crippen molar-refractivity contribution >= 4 is 0 Å². The molecule has 0 aromatic heterocycles. The molecule has 0 aliphatic carbocycles. The van der Waals surface area contributed by atoms with Gasteiger partial charge in [-0.2, -0.15) is 0 Å². The van der Waals surface area contributed by atoms with Crippen LogP contribution in [0.2, 0.25) is 0 Å². The van der Waals surface area contributed by atoms with Gasteiger partial charge in [-0.1, -0.05) is 36.9 Å². The first-order valence-corrected chi connectivity index (χ1v) is 5.67. The van der Waals surface area contributed by atoms with Gasteiger partial charge in [-0.15, -0.1) is 0 Å². The zero-order valence-electron chi connectivity index (χ0n) is 9.76. The van der Waals surface area contributed by atoms with Crippen molar-refractivity contribution in [1.29, 1.82) is 0 Å². The lowest BCUT2D eigenvalue weighted by Crippen LogP contribution is -2.14. The molecule has 0 fully saturated rings. The van der Waals surface area contributed by atoms with Crippen LogP contribution in [0.1, 0.15) is 25.3 Å². The molecule has 0 unspecified atom stereocenters. The number of aliphatic hydroxyl groups is 2. The molecule has 0 amide bonds. The largest absolute Gasteiger partial charge is 0.393 e. The average Bonchev–Trinajstić information content (AvgIpc) is 2.27. The van der Waals surface area contributed by atoms with Gasteiger partial charge in [0.15, 0.2) is 0 Å². The van der Waals surface area contributed by atoms with Crippen LogP contribution in [0.5, 0.6) is 0 Å². The van der Waals surface area contributed by atoms with Crippen LogP contribution in [0.4, 0.5) is 0 Å². The van der Waals surface area contributed by atoms with Gasteiger partial charge < -0.3 is 10.2 Å². The minimum Gasteiger partial charge on any atom is -0.393 e. The maximum atomic E-state index is 9.76. The Kier molecular flexibility index (Phi) is 5.23. The minimum atomic E-state index is -0.536. The molecule has 2 N–H and O–H groups in total. The summed E-state index contributed by atoms with van der Waals surface area (Å²) in [7, 11) is 0. The zero-order chi connectivity index (χ0) is 12.0. The van der Waals surface area contributed by atoms with Gasteiger partial charge in [0.05, 0.1) is 12.2 Å². The molecule has 1 aromatic carbocycles. The summed E-state index contributed by atoms with van der Waals surface area (Å²) in [4.78, 5) is 0. The van der Waals surface area contributed by atoms with Crippen LogP contribution in [-0.4, -0.2) is 22.4 Å². The fourth-order valence-electron chi connectivity index (χ4n) is 1.55. The molecule has 2 heteroatoms. The maximum Gasteiger partial charge on any atom is 0.0720 e. The van der Waals surface area contributed by atoms with Gasteiger partial charge in [0.25, 0.3) is 0 Å². The molecule has 2 atom stereocenters. The van der Waals surface area contributed by atoms with Crippen molar-refractivity contribution in [3.8, 4) is 0 Å². The minimum absolute atomic E-state index is 0.415. The first-order chi connectivity index (χ1) is 7.59. The summed E-state index contributed by atoms with van der Waals surface area (Å²) in [6, 6.07) is 10.1. The summed E-state index contributed by atoms with van der Waals surface area (Å²) in [5.41, 5.74) is 1.92. The van der Waals surface area contributed by atoms with Crippen LogP contribution < -0.4 is 0 Å². The van der Waals surface area contributed by atoms with Gasteiger partial charge in [-0.05, 0) is 37.3 Å². The second-order valence-electron chi connectivity index (χ2n) is 4.22. The Bertz CT molecular complexity index is 317. The van der Waals surface area contributed by atoms with Crippen molar-refractivity contribution in [1.82, 2.24) is 0 Å². The quantitative estimate of drug-likeness (QED) is 0.722.